The maximum Gasteiger partial charge on any atom is 0.416 e. The number of hydrogen-bond donors (Lipinski definition) is 0. The summed E-state index contributed by atoms with van der Waals surface area (Å²) in [5.74, 6) is 0.989. The number of halogens is 3. The van der Waals surface area contributed by atoms with E-state index in [-0.39, 0.29) is 24.2 Å². The van der Waals surface area contributed by atoms with Gasteiger partial charge in [0.15, 0.2) is 5.65 Å². The average molecular weight is 675 g/mol. The van der Waals surface area contributed by atoms with Gasteiger partial charge < -0.3 is 9.80 Å². The van der Waals surface area contributed by atoms with Crippen LogP contribution >= 0.6 is 0 Å². The Morgan fingerprint density at radius 3 is 2.32 bits per heavy atom. The van der Waals surface area contributed by atoms with Gasteiger partial charge in [0.1, 0.15) is 5.82 Å². The lowest BCUT2D eigenvalue weighted by Gasteiger charge is -2.34. The Morgan fingerprint density at radius 1 is 1.02 bits per heavy atom. The Bertz CT molecular complexity index is 1940. The van der Waals surface area contributed by atoms with Crippen LogP contribution in [0.25, 0.3) is 22.4 Å². The fourth-order valence-corrected chi connectivity index (χ4v) is 7.69. The molecule has 2 aliphatic heterocycles. The molecule has 1 fully saturated rings. The minimum absolute atomic E-state index is 0.0462. The molecule has 0 radical (unpaired) electrons. The summed E-state index contributed by atoms with van der Waals surface area (Å²) in [5, 5.41) is 4.86. The van der Waals surface area contributed by atoms with Gasteiger partial charge in [0.2, 0.25) is 10.0 Å². The van der Waals surface area contributed by atoms with Gasteiger partial charge in [-0.25, -0.2) is 18.2 Å². The molecule has 15 heteroatoms. The molecule has 5 heterocycles. The van der Waals surface area contributed by atoms with Crippen LogP contribution in [0.15, 0.2) is 41.2 Å². The first-order chi connectivity index (χ1) is 22.1. The minimum Gasteiger partial charge on any atom is -0.363 e. The Labute approximate surface area is 272 Å². The number of benzene rings is 1. The summed E-state index contributed by atoms with van der Waals surface area (Å²) < 4.78 is 71.3. The number of rotatable bonds is 8. The number of imidazole rings is 1. The summed E-state index contributed by atoms with van der Waals surface area (Å²) in [5.41, 5.74) is 3.41. The molecule has 47 heavy (non-hydrogen) atoms. The lowest BCUT2D eigenvalue weighted by molar-refractivity contribution is -0.137. The summed E-state index contributed by atoms with van der Waals surface area (Å²) in [7, 11) is 2.18. The van der Waals surface area contributed by atoms with Crippen LogP contribution in [0.4, 0.5) is 19.0 Å². The van der Waals surface area contributed by atoms with E-state index in [4.69, 9.17) is 10.1 Å². The van der Waals surface area contributed by atoms with Crippen LogP contribution < -0.4 is 10.6 Å². The van der Waals surface area contributed by atoms with E-state index in [0.29, 0.717) is 36.4 Å². The number of likely N-dealkylation sites (tertiary alicyclic amines) is 1. The van der Waals surface area contributed by atoms with Crippen LogP contribution in [0.2, 0.25) is 0 Å². The Balaban J connectivity index is 1.17. The molecule has 6 rings (SSSR count). The highest BCUT2D eigenvalue weighted by molar-refractivity contribution is 7.88. The van der Waals surface area contributed by atoms with E-state index in [1.54, 1.807) is 11.6 Å². The van der Waals surface area contributed by atoms with Gasteiger partial charge >= 0.3 is 11.9 Å². The fraction of sp³-hybridized carbons (Fsp3) is 0.531. The lowest BCUT2D eigenvalue weighted by Crippen LogP contribution is -2.40. The number of nitrogens with zero attached hydrogens (tertiary/aromatic N) is 8. The van der Waals surface area contributed by atoms with Crippen molar-refractivity contribution >= 4 is 27.0 Å². The zero-order valence-corrected chi connectivity index (χ0v) is 28.1. The van der Waals surface area contributed by atoms with Crippen molar-refractivity contribution in [1.82, 2.24) is 33.1 Å². The standard InChI is InChI=1S/C32H41F3N8O3S/c1-21(18-40-15-12-24(13-16-40)43-30-27(39(4)31(43)44)10-11-28(36-30)38(2)3)19-42-26-14-17-41(47(5,45)46)20-25(26)29(37-42)22-6-8-23(9-7-22)32(33,34)35/h6-11,21,24H,12-20H2,1-5H3. The van der Waals surface area contributed by atoms with Gasteiger partial charge in [-0.3, -0.25) is 13.8 Å². The van der Waals surface area contributed by atoms with Crippen molar-refractivity contribution in [3.05, 3.63) is 63.7 Å². The number of piperidine rings is 1. The molecule has 0 saturated carbocycles. The molecule has 0 N–H and O–H groups in total. The van der Waals surface area contributed by atoms with Crippen molar-refractivity contribution in [2.45, 2.75) is 51.5 Å². The number of fused-ring (bicyclic) bond motifs is 2. The molecule has 11 nitrogen and oxygen atoms in total. The fourth-order valence-electron chi connectivity index (χ4n) is 6.91. The highest BCUT2D eigenvalue weighted by Crippen LogP contribution is 2.35. The molecule has 0 spiro atoms. The smallest absolute Gasteiger partial charge is 0.363 e. The Morgan fingerprint density at radius 2 is 1.70 bits per heavy atom. The van der Waals surface area contributed by atoms with Crippen molar-refractivity contribution in [1.29, 1.82) is 0 Å². The molecule has 1 unspecified atom stereocenters. The monoisotopic (exact) mass is 674 g/mol. The number of aromatic nitrogens is 5. The summed E-state index contributed by atoms with van der Waals surface area (Å²) in [6.07, 6.45) is -1.19. The van der Waals surface area contributed by atoms with Gasteiger partial charge in [-0.2, -0.15) is 22.6 Å². The predicted octanol–water partition coefficient (Wildman–Crippen LogP) is 3.97. The second-order valence-electron chi connectivity index (χ2n) is 13.1. The molecule has 1 saturated heterocycles. The first-order valence-corrected chi connectivity index (χ1v) is 17.7. The second-order valence-corrected chi connectivity index (χ2v) is 15.1. The van der Waals surface area contributed by atoms with E-state index in [0.717, 1.165) is 67.2 Å². The largest absolute Gasteiger partial charge is 0.416 e. The molecule has 4 aromatic rings. The molecule has 3 aromatic heterocycles. The molecule has 2 aliphatic rings. The third-order valence-electron chi connectivity index (χ3n) is 9.41. The third-order valence-corrected chi connectivity index (χ3v) is 10.7. The number of anilines is 1. The summed E-state index contributed by atoms with van der Waals surface area (Å²) >= 11 is 0. The van der Waals surface area contributed by atoms with Crippen LogP contribution in [-0.2, 0) is 42.8 Å². The van der Waals surface area contributed by atoms with E-state index in [1.807, 2.05) is 40.4 Å². The number of hydrogen-bond acceptors (Lipinski definition) is 7. The summed E-state index contributed by atoms with van der Waals surface area (Å²) in [6.45, 7) is 5.63. The Hall–Kier alpha value is -3.69. The van der Waals surface area contributed by atoms with Crippen LogP contribution in [0, 0.1) is 5.92 Å². The molecule has 1 atom stereocenters. The van der Waals surface area contributed by atoms with Crippen LogP contribution in [0.1, 0.15) is 42.6 Å². The quantitative estimate of drug-likeness (QED) is 0.279. The number of aryl methyl sites for hydroxylation is 1. The maximum atomic E-state index is 13.3. The van der Waals surface area contributed by atoms with E-state index in [1.165, 1.54) is 22.7 Å². The van der Waals surface area contributed by atoms with Gasteiger partial charge in [-0.15, -0.1) is 0 Å². The lowest BCUT2D eigenvalue weighted by atomic mass is 10.0. The van der Waals surface area contributed by atoms with Gasteiger partial charge in [0.05, 0.1) is 23.0 Å². The number of alkyl halides is 3. The van der Waals surface area contributed by atoms with Crippen molar-refractivity contribution in [3.63, 3.8) is 0 Å². The van der Waals surface area contributed by atoms with Gasteiger partial charge in [-0.05, 0) is 43.0 Å². The van der Waals surface area contributed by atoms with Crippen molar-refractivity contribution in [3.8, 4) is 11.3 Å². The normalized spacial score (nSPS) is 17.7. The van der Waals surface area contributed by atoms with Gasteiger partial charge in [0.25, 0.3) is 0 Å². The van der Waals surface area contributed by atoms with Crippen molar-refractivity contribution in [2.75, 3.05) is 51.4 Å². The molecule has 0 aliphatic carbocycles. The van der Waals surface area contributed by atoms with Crippen molar-refractivity contribution < 1.29 is 21.6 Å². The first kappa shape index (κ1) is 33.2. The zero-order chi connectivity index (χ0) is 33.8. The maximum absolute atomic E-state index is 13.3. The number of pyridine rings is 1. The summed E-state index contributed by atoms with van der Waals surface area (Å²) in [4.78, 5) is 22.4. The molecule has 0 amide bonds. The predicted molar refractivity (Wildman–Crippen MR) is 175 cm³/mol. The number of sulfonamides is 1. The molecule has 254 valence electrons. The van der Waals surface area contributed by atoms with Crippen LogP contribution in [0.5, 0.6) is 0 Å². The second kappa shape index (κ2) is 12.4. The van der Waals surface area contributed by atoms with E-state index >= 15 is 0 Å². The molecule has 0 bridgehead atoms. The third kappa shape index (κ3) is 6.57. The molecular weight excluding hydrogens is 633 g/mol. The SMILES string of the molecule is CC(CN1CCC(n2c(=O)n(C)c3ccc(N(C)C)nc32)CC1)Cn1nc(-c2ccc(C(F)(F)F)cc2)c2c1CCN(S(C)(=O)=O)C2. The van der Waals surface area contributed by atoms with Crippen molar-refractivity contribution in [2.24, 2.45) is 13.0 Å². The van der Waals surface area contributed by atoms with Gasteiger partial charge in [-0.1, -0.05) is 19.1 Å². The van der Waals surface area contributed by atoms with Crippen LogP contribution in [0.3, 0.4) is 0 Å². The van der Waals surface area contributed by atoms with Gasteiger partial charge in [0, 0.05) is 89.7 Å². The molecule has 1 aromatic carbocycles. The Kier molecular flexibility index (Phi) is 8.76. The van der Waals surface area contributed by atoms with E-state index in [9.17, 15) is 26.4 Å². The van der Waals surface area contributed by atoms with E-state index < -0.39 is 21.8 Å². The zero-order valence-electron chi connectivity index (χ0n) is 27.3. The topological polar surface area (TPSA) is 102 Å². The van der Waals surface area contributed by atoms with Crippen LogP contribution in [-0.4, -0.2) is 88.1 Å². The molecular formula is C32H41F3N8O3S. The first-order valence-electron chi connectivity index (χ1n) is 15.8. The highest BCUT2D eigenvalue weighted by atomic mass is 32.2. The van der Waals surface area contributed by atoms with E-state index in [2.05, 4.69) is 11.8 Å². The minimum atomic E-state index is -4.45. The highest BCUT2D eigenvalue weighted by Gasteiger charge is 2.33. The average Bonchev–Trinajstić information content (AvgIpc) is 3.50. The summed E-state index contributed by atoms with van der Waals surface area (Å²) in [6, 6.07) is 8.79.